The van der Waals surface area contributed by atoms with Gasteiger partial charge in [0.1, 0.15) is 24.7 Å². The molecule has 4 aliphatic rings. The van der Waals surface area contributed by atoms with Crippen LogP contribution in [0.2, 0.25) is 0 Å². The van der Waals surface area contributed by atoms with E-state index >= 15 is 0 Å². The fraction of sp³-hybridized carbons (Fsp3) is 0.468. The van der Waals surface area contributed by atoms with Gasteiger partial charge in [-0.05, 0) is 159 Å². The number of amides is 2. The Morgan fingerprint density at radius 1 is 0.711 bits per heavy atom. The zero-order chi connectivity index (χ0) is 53.3. The van der Waals surface area contributed by atoms with Crippen LogP contribution in [-0.2, 0) is 57.9 Å². The summed E-state index contributed by atoms with van der Waals surface area (Å²) in [6.45, 7) is 14.9. The number of hydrogen-bond donors (Lipinski definition) is 0. The molecule has 0 N–H and O–H groups in total. The number of rotatable bonds is 26. The predicted octanol–water partition coefficient (Wildman–Crippen LogP) is 11.8. The highest BCUT2D eigenvalue weighted by atomic mass is 33.1. The number of benzene rings is 5. The van der Waals surface area contributed by atoms with Gasteiger partial charge in [-0.25, -0.2) is 0 Å². The molecule has 0 radical (unpaired) electrons. The Morgan fingerprint density at radius 2 is 1.28 bits per heavy atom. The van der Waals surface area contributed by atoms with Gasteiger partial charge < -0.3 is 43.1 Å². The van der Waals surface area contributed by atoms with Crippen molar-refractivity contribution in [3.8, 4) is 17.2 Å². The maximum Gasteiger partial charge on any atom is 0.258 e. The molecular weight excluding hydrogens is 995 g/mol. The van der Waals surface area contributed by atoms with Crippen LogP contribution in [0.3, 0.4) is 0 Å². The van der Waals surface area contributed by atoms with Crippen LogP contribution in [-0.4, -0.2) is 101 Å². The molecule has 3 atom stereocenters. The van der Waals surface area contributed by atoms with Crippen LogP contribution in [0.25, 0.3) is 0 Å². The molecule has 0 fully saturated rings. The van der Waals surface area contributed by atoms with E-state index in [1.54, 1.807) is 14.2 Å². The van der Waals surface area contributed by atoms with Crippen LogP contribution >= 0.6 is 21.6 Å². The van der Waals surface area contributed by atoms with E-state index in [1.807, 2.05) is 94.6 Å². The fourth-order valence-electron chi connectivity index (χ4n) is 11.2. The Morgan fingerprint density at radius 3 is 1.88 bits per heavy atom. The summed E-state index contributed by atoms with van der Waals surface area (Å²) in [5.74, 6) is 3.15. The maximum absolute atomic E-state index is 14.3. The second kappa shape index (κ2) is 25.3. The van der Waals surface area contributed by atoms with Crippen molar-refractivity contribution >= 4 is 56.2 Å². The molecule has 0 saturated carbocycles. The molecular formula is C62H75N3O9S2. The number of carbonyl (C=O) groups is 3. The van der Waals surface area contributed by atoms with Crippen molar-refractivity contribution < 1.29 is 42.8 Å². The molecule has 4 aliphatic heterocycles. The highest BCUT2D eigenvalue weighted by Crippen LogP contribution is 2.43. The van der Waals surface area contributed by atoms with Crippen LogP contribution < -0.4 is 28.9 Å². The third kappa shape index (κ3) is 12.9. The second-order valence-corrected chi connectivity index (χ2v) is 24.4. The van der Waals surface area contributed by atoms with E-state index < -0.39 is 0 Å². The third-order valence-electron chi connectivity index (χ3n) is 15.2. The van der Waals surface area contributed by atoms with Gasteiger partial charge in [0.25, 0.3) is 11.8 Å². The van der Waals surface area contributed by atoms with E-state index in [4.69, 9.17) is 28.4 Å². The number of nitrogens with zero attached hydrogens (tertiary/aromatic N) is 3. The molecule has 76 heavy (non-hydrogen) atoms. The Kier molecular flexibility index (Phi) is 18.4. The van der Waals surface area contributed by atoms with Crippen molar-refractivity contribution in [1.29, 1.82) is 0 Å². The van der Waals surface area contributed by atoms with E-state index in [9.17, 15) is 14.4 Å². The normalized spacial score (nSPS) is 16.9. The molecule has 0 saturated heterocycles. The van der Waals surface area contributed by atoms with Crippen LogP contribution in [0.1, 0.15) is 113 Å². The van der Waals surface area contributed by atoms with Gasteiger partial charge in [0, 0.05) is 83.3 Å². The van der Waals surface area contributed by atoms with Gasteiger partial charge >= 0.3 is 0 Å². The number of ether oxygens (including phenoxy) is 6. The zero-order valence-electron chi connectivity index (χ0n) is 45.5. The Labute approximate surface area is 457 Å². The molecule has 12 nitrogen and oxygen atoms in total. The average molecular weight is 1070 g/mol. The number of anilines is 3. The van der Waals surface area contributed by atoms with E-state index in [1.165, 1.54) is 11.1 Å². The molecule has 14 heteroatoms. The first-order valence-electron chi connectivity index (χ1n) is 27.1. The summed E-state index contributed by atoms with van der Waals surface area (Å²) in [6.07, 6.45) is 6.40. The van der Waals surface area contributed by atoms with Gasteiger partial charge in [0.15, 0.2) is 11.5 Å². The number of methoxy groups -OCH3 is 2. The molecule has 0 spiro atoms. The Hall–Kier alpha value is -5.51. The molecule has 404 valence electrons. The van der Waals surface area contributed by atoms with E-state index in [0.717, 1.165) is 107 Å². The number of ketones is 1. The lowest BCUT2D eigenvalue weighted by Gasteiger charge is -2.34. The summed E-state index contributed by atoms with van der Waals surface area (Å²) in [4.78, 5) is 47.3. The third-order valence-corrected chi connectivity index (χ3v) is 18.5. The smallest absolute Gasteiger partial charge is 0.258 e. The highest BCUT2D eigenvalue weighted by Gasteiger charge is 2.39. The SMILES string of the molecule is CCC(=O)C(C)CCSSC(C)(C)CN(CCOCCOCCOC)c1cc(COc2cc3c(cc2C)C(=O)N2c4ccccc4C[C@H]2CC3)cc(COc2cc3c(cc2OC)C(=O)N2c4ccccc4C[C@H]2CC3)c1. The predicted molar refractivity (Wildman–Crippen MR) is 306 cm³/mol. The first kappa shape index (κ1) is 55.3. The maximum atomic E-state index is 14.3. The first-order chi connectivity index (χ1) is 36.8. The van der Waals surface area contributed by atoms with Crippen LogP contribution in [0.15, 0.2) is 91.0 Å². The van der Waals surface area contributed by atoms with Gasteiger partial charge in [-0.3, -0.25) is 14.4 Å². The lowest BCUT2D eigenvalue weighted by Crippen LogP contribution is -2.38. The number of Topliss-reactive ketones (excluding diaryl/α,β-unsaturated/α-hetero) is 1. The van der Waals surface area contributed by atoms with Gasteiger partial charge in [-0.1, -0.05) is 71.8 Å². The number of carbonyl (C=O) groups excluding carboxylic acids is 3. The first-order valence-corrected chi connectivity index (χ1v) is 29.4. The lowest BCUT2D eigenvalue weighted by molar-refractivity contribution is -0.122. The summed E-state index contributed by atoms with van der Waals surface area (Å²) < 4.78 is 36.3. The minimum Gasteiger partial charge on any atom is -0.493 e. The number of hydrogen-bond acceptors (Lipinski definition) is 12. The minimum absolute atomic E-state index is 0.00426. The van der Waals surface area contributed by atoms with Crippen LogP contribution in [0, 0.1) is 12.8 Å². The summed E-state index contributed by atoms with van der Waals surface area (Å²) in [7, 11) is 6.96. The van der Waals surface area contributed by atoms with Gasteiger partial charge in [0.05, 0.1) is 40.1 Å². The quantitative estimate of drug-likeness (QED) is 0.0388. The summed E-state index contributed by atoms with van der Waals surface area (Å²) >= 11 is 0. The monoisotopic (exact) mass is 1070 g/mol. The fourth-order valence-corrected chi connectivity index (χ4v) is 13.9. The molecule has 5 aromatic carbocycles. The van der Waals surface area contributed by atoms with Crippen molar-refractivity contribution in [2.45, 2.75) is 116 Å². The molecule has 0 bridgehead atoms. The second-order valence-electron chi connectivity index (χ2n) is 21.2. The number of aryl methyl sites for hydroxylation is 3. The molecule has 0 aliphatic carbocycles. The van der Waals surface area contributed by atoms with Crippen LogP contribution in [0.5, 0.6) is 17.2 Å². The van der Waals surface area contributed by atoms with E-state index in [2.05, 4.69) is 67.3 Å². The summed E-state index contributed by atoms with van der Waals surface area (Å²) in [5, 5.41) is 0. The van der Waals surface area contributed by atoms with Crippen molar-refractivity contribution in [1.82, 2.24) is 0 Å². The topological polar surface area (TPSA) is 116 Å². The summed E-state index contributed by atoms with van der Waals surface area (Å²) in [5.41, 5.74) is 11.6. The van der Waals surface area contributed by atoms with Gasteiger partial charge in [0.2, 0.25) is 0 Å². The Bertz CT molecular complexity index is 2870. The Balaban J connectivity index is 0.988. The standard InChI is InChI=1S/C62H75N3O9S2/c1-8-56(66)41(2)21-28-75-76-62(4,5)40-63(22-23-71-26-27-72-25-24-69-6)51-31-43(38-73-57-35-45-17-19-49-33-47-13-9-11-15-54(47)64(49)60(67)52(45)29-42(57)3)30-44(32-51)39-74-59-36-46-18-20-50-34-48-14-10-12-16-55(48)65(50)61(68)53(46)37-58(59)70-7/h9-16,29-32,35-37,41,49-50H,8,17-28,33-34,38-40H2,1-7H3/t41?,49-,50-/m1/s1. The van der Waals surface area contributed by atoms with Crippen molar-refractivity contribution in [3.63, 3.8) is 0 Å². The molecule has 2 amide bonds. The average Bonchev–Trinajstić information content (AvgIpc) is 3.93. The van der Waals surface area contributed by atoms with Crippen molar-refractivity contribution in [2.75, 3.05) is 80.8 Å². The zero-order valence-corrected chi connectivity index (χ0v) is 47.1. The molecule has 0 aromatic heterocycles. The van der Waals surface area contributed by atoms with Crippen LogP contribution in [0.4, 0.5) is 17.1 Å². The molecule has 1 unspecified atom stereocenters. The summed E-state index contributed by atoms with van der Waals surface area (Å²) in [6, 6.07) is 31.2. The number of fused-ring (bicyclic) bond motifs is 8. The van der Waals surface area contributed by atoms with Crippen molar-refractivity contribution in [2.24, 2.45) is 5.92 Å². The largest absolute Gasteiger partial charge is 0.493 e. The van der Waals surface area contributed by atoms with E-state index in [-0.39, 0.29) is 47.8 Å². The highest BCUT2D eigenvalue weighted by molar-refractivity contribution is 8.77. The molecule has 9 rings (SSSR count). The van der Waals surface area contributed by atoms with Crippen molar-refractivity contribution in [3.05, 3.63) is 141 Å². The molecule has 5 aromatic rings. The lowest BCUT2D eigenvalue weighted by atomic mass is 9.98. The van der Waals surface area contributed by atoms with Gasteiger partial charge in [-0.15, -0.1) is 0 Å². The molecule has 4 heterocycles. The number of para-hydroxylation sites is 2. The van der Waals surface area contributed by atoms with Gasteiger partial charge in [-0.2, -0.15) is 0 Å². The van der Waals surface area contributed by atoms with E-state index in [0.29, 0.717) is 75.4 Å². The minimum atomic E-state index is -0.188.